The van der Waals surface area contributed by atoms with Crippen molar-refractivity contribution in [3.63, 3.8) is 0 Å². The van der Waals surface area contributed by atoms with Crippen molar-refractivity contribution in [2.24, 2.45) is 0 Å². The van der Waals surface area contributed by atoms with E-state index in [1.165, 1.54) is 0 Å². The molecule has 0 fully saturated rings. The fourth-order valence-corrected chi connectivity index (χ4v) is 0. The second kappa shape index (κ2) is 93.4. The van der Waals surface area contributed by atoms with Crippen LogP contribution in [0.3, 0.4) is 0 Å². The van der Waals surface area contributed by atoms with Gasteiger partial charge in [-0.25, -0.2) is 0 Å². The molecule has 0 nitrogen and oxygen atoms in total. The maximum Gasteiger partial charge on any atom is 3.00 e. The van der Waals surface area contributed by atoms with E-state index in [9.17, 15) is 0 Å². The molecule has 0 saturated heterocycles. The van der Waals surface area contributed by atoms with Crippen LogP contribution in [0.4, 0.5) is 0 Å². The summed E-state index contributed by atoms with van der Waals surface area (Å²) < 4.78 is 0. The fourth-order valence-electron chi connectivity index (χ4n) is 0. The Morgan fingerprint density at radius 1 is 0.500 bits per heavy atom. The minimum atomic E-state index is 0. The Balaban J connectivity index is 0. The van der Waals surface area contributed by atoms with Crippen molar-refractivity contribution in [3.05, 3.63) is 0 Å². The van der Waals surface area contributed by atoms with Gasteiger partial charge in [0.25, 0.3) is 0 Å². The van der Waals surface area contributed by atoms with Crippen molar-refractivity contribution in [1.29, 1.82) is 0 Å². The molecule has 0 N–H and O–H groups in total. The summed E-state index contributed by atoms with van der Waals surface area (Å²) in [5.74, 6) is 0. The third-order valence-electron chi connectivity index (χ3n) is 0. The molecule has 0 saturated carbocycles. The summed E-state index contributed by atoms with van der Waals surface area (Å²) in [6.07, 6.45) is 0. The molecule has 0 atom stereocenters. The zero-order valence-electron chi connectivity index (χ0n) is 3.58. The molecular formula is HAlCl6Zn. The molecular weight excluding hydrogens is 305 g/mol. The van der Waals surface area contributed by atoms with Gasteiger partial charge in [-0.15, -0.1) is 12.4 Å². The first-order chi connectivity index (χ1) is 0. The normalized spacial score (nSPS) is 0. The Kier molecular flexibility index (Phi) is 1490. The van der Waals surface area contributed by atoms with Crippen molar-refractivity contribution in [1.82, 2.24) is 0 Å². The van der Waals surface area contributed by atoms with E-state index in [-0.39, 0.29) is 111 Å². The number of rotatable bonds is 0. The van der Waals surface area contributed by atoms with Crippen molar-refractivity contribution < 1.29 is 81.5 Å². The average molecular weight is 306 g/mol. The Labute approximate surface area is 110 Å². The van der Waals surface area contributed by atoms with E-state index < -0.39 is 0 Å². The third kappa shape index (κ3) is 66.1. The molecule has 0 unspecified atom stereocenters. The van der Waals surface area contributed by atoms with E-state index in [4.69, 9.17) is 0 Å². The second-order valence-electron chi connectivity index (χ2n) is 0. The minimum Gasteiger partial charge on any atom is -1.00 e. The quantitative estimate of drug-likeness (QED) is 0.390. The molecule has 0 aromatic carbocycles. The summed E-state index contributed by atoms with van der Waals surface area (Å²) in [4.78, 5) is 0. The van der Waals surface area contributed by atoms with E-state index in [0.717, 1.165) is 0 Å². The van der Waals surface area contributed by atoms with E-state index >= 15 is 0 Å². The van der Waals surface area contributed by atoms with Crippen LogP contribution in [0.2, 0.25) is 0 Å². The van der Waals surface area contributed by atoms with Gasteiger partial charge in [0.1, 0.15) is 0 Å². The van der Waals surface area contributed by atoms with Gasteiger partial charge in [-0.2, -0.15) is 0 Å². The van der Waals surface area contributed by atoms with Crippen LogP contribution in [0.15, 0.2) is 0 Å². The van der Waals surface area contributed by atoms with Crippen LogP contribution in [-0.4, -0.2) is 17.4 Å². The largest absolute Gasteiger partial charge is 3.00 e. The summed E-state index contributed by atoms with van der Waals surface area (Å²) in [5, 5.41) is 0. The third-order valence-corrected chi connectivity index (χ3v) is 0. The molecule has 0 aliphatic rings. The minimum absolute atomic E-state index is 0. The molecule has 8 heavy (non-hydrogen) atoms. The summed E-state index contributed by atoms with van der Waals surface area (Å²) >= 11 is 0. The van der Waals surface area contributed by atoms with Crippen LogP contribution < -0.4 is 62.0 Å². The monoisotopic (exact) mass is 302 g/mol. The summed E-state index contributed by atoms with van der Waals surface area (Å²) in [6, 6.07) is 0. The van der Waals surface area contributed by atoms with Gasteiger partial charge in [0, 0.05) is 0 Å². The Bertz CT molecular complexity index is 8.49. The molecule has 0 radical (unpaired) electrons. The van der Waals surface area contributed by atoms with Gasteiger partial charge >= 0.3 is 36.8 Å². The standard InChI is InChI=1S/Al.6ClH.Zn/h;6*1H;/q+3;;;;;;;+2/p-5. The fraction of sp³-hybridized carbons (Fsp3) is 0. The smallest absolute Gasteiger partial charge is 1.00 e. The molecule has 0 aromatic heterocycles. The van der Waals surface area contributed by atoms with Crippen LogP contribution in [-0.2, 0) is 19.5 Å². The van der Waals surface area contributed by atoms with Crippen molar-refractivity contribution in [3.8, 4) is 0 Å². The van der Waals surface area contributed by atoms with Crippen LogP contribution in [0.1, 0.15) is 0 Å². The predicted octanol–water partition coefficient (Wildman–Crippen LogP) is -14.9. The first kappa shape index (κ1) is 127. The van der Waals surface area contributed by atoms with Crippen LogP contribution >= 0.6 is 12.4 Å². The second-order valence-corrected chi connectivity index (χ2v) is 0. The average Bonchev–Trinajstić information content (AvgIpc) is 0. The van der Waals surface area contributed by atoms with Crippen LogP contribution in [0.5, 0.6) is 0 Å². The molecule has 8 heteroatoms. The zero-order valence-corrected chi connectivity index (χ0v) is 12.3. The summed E-state index contributed by atoms with van der Waals surface area (Å²) in [6.45, 7) is 0. The molecule has 0 aromatic rings. The molecule has 48 valence electrons. The van der Waals surface area contributed by atoms with Crippen LogP contribution in [0.25, 0.3) is 0 Å². The van der Waals surface area contributed by atoms with Gasteiger partial charge in [-0.05, 0) is 0 Å². The number of hydrogen-bond acceptors (Lipinski definition) is 0. The SMILES string of the molecule is Cl.[Al+3].[Cl-].[Cl-].[Cl-].[Cl-].[Cl-].[Zn+2]. The van der Waals surface area contributed by atoms with E-state index in [1.54, 1.807) is 0 Å². The maximum atomic E-state index is 0. The first-order valence-electron chi connectivity index (χ1n) is 0. The predicted molar refractivity (Wildman–Crippen MR) is 13.0 cm³/mol. The van der Waals surface area contributed by atoms with Gasteiger partial charge in [-0.3, -0.25) is 0 Å². The topological polar surface area (TPSA) is 0 Å². The van der Waals surface area contributed by atoms with Crippen LogP contribution in [0, 0.1) is 0 Å². The van der Waals surface area contributed by atoms with Gasteiger partial charge in [-0.1, -0.05) is 0 Å². The van der Waals surface area contributed by atoms with Gasteiger partial charge in [0.15, 0.2) is 0 Å². The molecule has 0 heterocycles. The van der Waals surface area contributed by atoms with Gasteiger partial charge in [0.2, 0.25) is 0 Å². The number of halogens is 6. The molecule has 0 aliphatic carbocycles. The van der Waals surface area contributed by atoms with E-state index in [1.807, 2.05) is 0 Å². The Morgan fingerprint density at radius 3 is 0.500 bits per heavy atom. The Morgan fingerprint density at radius 2 is 0.500 bits per heavy atom. The summed E-state index contributed by atoms with van der Waals surface area (Å²) in [7, 11) is 0. The maximum absolute atomic E-state index is 0. The zero-order chi connectivity index (χ0) is 0. The summed E-state index contributed by atoms with van der Waals surface area (Å²) in [5.41, 5.74) is 0. The number of hydrogen-bond donors (Lipinski definition) is 0. The molecule has 0 bridgehead atoms. The van der Waals surface area contributed by atoms with Gasteiger partial charge in [0.05, 0.1) is 0 Å². The van der Waals surface area contributed by atoms with Gasteiger partial charge < -0.3 is 62.0 Å². The molecule has 0 spiro atoms. The van der Waals surface area contributed by atoms with Crippen molar-refractivity contribution in [2.45, 2.75) is 0 Å². The molecule has 0 aliphatic heterocycles. The molecule has 0 rings (SSSR count). The van der Waals surface area contributed by atoms with Crippen molar-refractivity contribution in [2.75, 3.05) is 0 Å². The van der Waals surface area contributed by atoms with Crippen molar-refractivity contribution >= 4 is 29.8 Å². The molecule has 0 amide bonds. The van der Waals surface area contributed by atoms with E-state index in [0.29, 0.717) is 0 Å². The Hall–Kier alpha value is 2.90. The van der Waals surface area contributed by atoms with E-state index in [2.05, 4.69) is 0 Å². The first-order valence-corrected chi connectivity index (χ1v) is 0.